The van der Waals surface area contributed by atoms with Crippen molar-refractivity contribution in [2.75, 3.05) is 6.61 Å². The van der Waals surface area contributed by atoms with Crippen LogP contribution >= 0.6 is 0 Å². The third-order valence-corrected chi connectivity index (χ3v) is 22.0. The predicted molar refractivity (Wildman–Crippen MR) is 192 cm³/mol. The molecular formula is C38H70O4Si2. The molecule has 3 fully saturated rings. The Morgan fingerprint density at radius 3 is 2.16 bits per heavy atom. The molecule has 0 saturated heterocycles. The lowest BCUT2D eigenvalue weighted by Crippen LogP contribution is -2.50. The van der Waals surface area contributed by atoms with Crippen molar-refractivity contribution < 1.29 is 18.4 Å². The molecule has 6 heteroatoms. The molecule has 0 aromatic carbocycles. The first-order valence-electron chi connectivity index (χ1n) is 18.0. The number of carbonyl (C=O) groups excluding carboxylic acids is 1. The first kappa shape index (κ1) is 37.8. The Hall–Kier alpha value is -0.696. The van der Waals surface area contributed by atoms with Gasteiger partial charge < -0.3 is 13.6 Å². The van der Waals surface area contributed by atoms with Crippen LogP contribution in [0.1, 0.15) is 127 Å². The van der Waals surface area contributed by atoms with E-state index in [-0.39, 0.29) is 28.3 Å². The fourth-order valence-corrected chi connectivity index (χ4v) is 10.8. The maximum absolute atomic E-state index is 12.1. The molecule has 0 bridgehead atoms. The monoisotopic (exact) mass is 646 g/mol. The number of allylic oxidation sites excluding steroid dienone is 3. The van der Waals surface area contributed by atoms with Crippen LogP contribution in [0, 0.1) is 29.1 Å². The summed E-state index contributed by atoms with van der Waals surface area (Å²) in [6.07, 6.45) is 15.3. The van der Waals surface area contributed by atoms with Gasteiger partial charge in [-0.1, -0.05) is 85.6 Å². The lowest BCUT2D eigenvalue weighted by molar-refractivity contribution is -0.143. The average molecular weight is 647 g/mol. The van der Waals surface area contributed by atoms with Crippen LogP contribution in [-0.2, 0) is 18.4 Å². The van der Waals surface area contributed by atoms with E-state index in [1.54, 1.807) is 5.57 Å². The largest absolute Gasteiger partial charge is 0.466 e. The summed E-state index contributed by atoms with van der Waals surface area (Å²) in [5, 5.41) is 0.377. The number of esters is 1. The van der Waals surface area contributed by atoms with Crippen molar-refractivity contribution in [1.29, 1.82) is 0 Å². The van der Waals surface area contributed by atoms with E-state index in [1.165, 1.54) is 37.7 Å². The molecule has 3 aliphatic rings. The van der Waals surface area contributed by atoms with Crippen molar-refractivity contribution >= 4 is 22.6 Å². The van der Waals surface area contributed by atoms with Crippen LogP contribution < -0.4 is 0 Å². The topological polar surface area (TPSA) is 44.8 Å². The zero-order valence-electron chi connectivity index (χ0n) is 31.3. The molecule has 0 aromatic heterocycles. The number of fused-ring (bicyclic) bond motifs is 1. The minimum absolute atomic E-state index is 0.0387. The number of hydrogen-bond acceptors (Lipinski definition) is 4. The number of carbonyl (C=O) groups is 1. The quantitative estimate of drug-likeness (QED) is 0.175. The summed E-state index contributed by atoms with van der Waals surface area (Å²) in [6, 6.07) is 0. The number of rotatable bonds is 10. The number of ether oxygens (including phenoxy) is 1. The fraction of sp³-hybridized carbons (Fsp3) is 0.868. The zero-order valence-corrected chi connectivity index (χ0v) is 33.3. The molecule has 0 amide bonds. The summed E-state index contributed by atoms with van der Waals surface area (Å²) in [4.78, 5) is 12.1. The molecule has 3 rings (SSSR count). The molecule has 3 aliphatic carbocycles. The van der Waals surface area contributed by atoms with Crippen LogP contribution in [0.15, 0.2) is 23.3 Å². The maximum Gasteiger partial charge on any atom is 0.305 e. The summed E-state index contributed by atoms with van der Waals surface area (Å²) >= 11 is 0. The fourth-order valence-electron chi connectivity index (χ4n) is 8.05. The Morgan fingerprint density at radius 2 is 1.57 bits per heavy atom. The van der Waals surface area contributed by atoms with Crippen LogP contribution in [0.5, 0.6) is 0 Å². The lowest BCUT2D eigenvalue weighted by atomic mass is 9.60. The molecule has 0 heterocycles. The van der Waals surface area contributed by atoms with Gasteiger partial charge in [0, 0.05) is 12.3 Å². The van der Waals surface area contributed by atoms with Crippen LogP contribution in [-0.4, -0.2) is 41.4 Å². The highest BCUT2D eigenvalue weighted by atomic mass is 28.4. The highest BCUT2D eigenvalue weighted by Crippen LogP contribution is 2.60. The van der Waals surface area contributed by atoms with Gasteiger partial charge in [0.15, 0.2) is 16.6 Å². The summed E-state index contributed by atoms with van der Waals surface area (Å²) < 4.78 is 19.5. The van der Waals surface area contributed by atoms with Gasteiger partial charge in [-0.15, -0.1) is 0 Å². The van der Waals surface area contributed by atoms with Crippen molar-refractivity contribution in [3.63, 3.8) is 0 Å². The van der Waals surface area contributed by atoms with E-state index in [0.717, 1.165) is 19.3 Å². The van der Waals surface area contributed by atoms with Gasteiger partial charge in [0.25, 0.3) is 0 Å². The Kier molecular flexibility index (Phi) is 12.2. The van der Waals surface area contributed by atoms with E-state index in [0.29, 0.717) is 42.1 Å². The SMILES string of the molecule is CCOC(=O)CC[C@@H](C)[C@H]1CC[C@H]2/C(=C/C=C3/C[C@@H](O[Si](C)(C)C(C)(C)C)C[C@H](O[Si](C)(C)C(C)(C)C)[C@@H]3C)CCC[C@]12C. The Labute approximate surface area is 274 Å². The Balaban J connectivity index is 1.86. The summed E-state index contributed by atoms with van der Waals surface area (Å²) in [5.41, 5.74) is 3.50. The summed E-state index contributed by atoms with van der Waals surface area (Å²) in [7, 11) is -3.83. The second-order valence-electron chi connectivity index (χ2n) is 18.0. The van der Waals surface area contributed by atoms with Crippen molar-refractivity contribution in [3.05, 3.63) is 23.3 Å². The standard InChI is InChI=1S/C38H70O4Si2/c1-15-40-35(39)23-18-27(2)32-21-22-33-29(17-16-24-38(32,33)10)19-20-30-25-31(41-43(11,12)36(4,5)6)26-34(28(30)3)42-44(13,14)37(7,8)9/h19-20,27-28,31-34H,15-18,21-26H2,1-14H3/b29-19+,30-20-/t27-,28-,31-,32-,33+,34+,38-/m1/s1. The zero-order chi connectivity index (χ0) is 33.3. The van der Waals surface area contributed by atoms with Crippen molar-refractivity contribution in [1.82, 2.24) is 0 Å². The van der Waals surface area contributed by atoms with Crippen LogP contribution in [0.3, 0.4) is 0 Å². The average Bonchev–Trinajstić information content (AvgIpc) is 3.24. The summed E-state index contributed by atoms with van der Waals surface area (Å²) in [6.45, 7) is 33.4. The molecule has 0 unspecified atom stereocenters. The Bertz CT molecular complexity index is 1050. The normalized spacial score (nSPS) is 33.0. The maximum atomic E-state index is 12.1. The molecule has 3 saturated carbocycles. The van der Waals surface area contributed by atoms with Gasteiger partial charge in [0.1, 0.15) is 0 Å². The molecule has 7 atom stereocenters. The van der Waals surface area contributed by atoms with Gasteiger partial charge in [-0.2, -0.15) is 0 Å². The third kappa shape index (κ3) is 8.60. The first-order chi connectivity index (χ1) is 20.1. The molecule has 4 nitrogen and oxygen atoms in total. The van der Waals surface area contributed by atoms with Gasteiger partial charge >= 0.3 is 5.97 Å². The summed E-state index contributed by atoms with van der Waals surface area (Å²) in [5.74, 6) is 2.24. The smallest absolute Gasteiger partial charge is 0.305 e. The predicted octanol–water partition coefficient (Wildman–Crippen LogP) is 11.2. The van der Waals surface area contributed by atoms with E-state index in [1.807, 2.05) is 6.92 Å². The van der Waals surface area contributed by atoms with Gasteiger partial charge in [0.2, 0.25) is 0 Å². The molecular weight excluding hydrogens is 577 g/mol. The van der Waals surface area contributed by atoms with E-state index in [2.05, 4.69) is 101 Å². The van der Waals surface area contributed by atoms with E-state index < -0.39 is 16.6 Å². The molecule has 0 spiro atoms. The first-order valence-corrected chi connectivity index (χ1v) is 23.9. The molecule has 254 valence electrons. The van der Waals surface area contributed by atoms with Crippen LogP contribution in [0.4, 0.5) is 0 Å². The molecule has 0 aliphatic heterocycles. The minimum atomic E-state index is -1.92. The van der Waals surface area contributed by atoms with Crippen LogP contribution in [0.25, 0.3) is 0 Å². The van der Waals surface area contributed by atoms with Gasteiger partial charge in [-0.25, -0.2) is 0 Å². The third-order valence-electron chi connectivity index (χ3n) is 13.0. The minimum Gasteiger partial charge on any atom is -0.466 e. The van der Waals surface area contributed by atoms with Gasteiger partial charge in [-0.3, -0.25) is 4.79 Å². The van der Waals surface area contributed by atoms with Crippen molar-refractivity contribution in [2.45, 2.75) is 175 Å². The Morgan fingerprint density at radius 1 is 0.977 bits per heavy atom. The van der Waals surface area contributed by atoms with Crippen LogP contribution in [0.2, 0.25) is 36.3 Å². The number of hydrogen-bond donors (Lipinski definition) is 0. The molecule has 44 heavy (non-hydrogen) atoms. The van der Waals surface area contributed by atoms with Gasteiger partial charge in [-0.05, 0) is 118 Å². The van der Waals surface area contributed by atoms with E-state index in [4.69, 9.17) is 13.6 Å². The highest BCUT2D eigenvalue weighted by molar-refractivity contribution is 6.74. The van der Waals surface area contributed by atoms with Gasteiger partial charge in [0.05, 0.1) is 18.8 Å². The van der Waals surface area contributed by atoms with Crippen molar-refractivity contribution in [3.8, 4) is 0 Å². The molecule has 0 aromatic rings. The molecule has 0 N–H and O–H groups in total. The van der Waals surface area contributed by atoms with E-state index in [9.17, 15) is 4.79 Å². The van der Waals surface area contributed by atoms with Crippen molar-refractivity contribution in [2.24, 2.45) is 29.1 Å². The second kappa shape index (κ2) is 14.2. The second-order valence-corrected chi connectivity index (χ2v) is 27.6. The van der Waals surface area contributed by atoms with E-state index >= 15 is 0 Å². The highest BCUT2D eigenvalue weighted by Gasteiger charge is 2.51. The molecule has 0 radical (unpaired) electrons. The lowest BCUT2D eigenvalue weighted by Gasteiger charge is -2.47.